The van der Waals surface area contributed by atoms with E-state index < -0.39 is 0 Å². The van der Waals surface area contributed by atoms with Crippen molar-refractivity contribution in [2.24, 2.45) is 11.8 Å². The molecule has 1 aromatic carbocycles. The van der Waals surface area contributed by atoms with E-state index in [9.17, 15) is 9.59 Å². The summed E-state index contributed by atoms with van der Waals surface area (Å²) in [6.07, 6.45) is 6.48. The van der Waals surface area contributed by atoms with Crippen molar-refractivity contribution in [3.05, 3.63) is 28.2 Å². The Kier molecular flexibility index (Phi) is 6.24. The maximum Gasteiger partial charge on any atom is 0.227 e. The number of para-hydroxylation sites is 1. The average Bonchev–Trinajstić information content (AvgIpc) is 2.65. The molecule has 6 heteroatoms. The fraction of sp³-hybridized carbons (Fsp3) is 0.579. The van der Waals surface area contributed by atoms with Gasteiger partial charge in [0.05, 0.1) is 15.7 Å². The van der Waals surface area contributed by atoms with Gasteiger partial charge in [0.15, 0.2) is 0 Å². The zero-order valence-corrected chi connectivity index (χ0v) is 15.8. The highest BCUT2D eigenvalue weighted by Gasteiger charge is 2.32. The van der Waals surface area contributed by atoms with Crippen LogP contribution in [0.4, 0.5) is 5.69 Å². The molecule has 0 unspecified atom stereocenters. The molecule has 4 nitrogen and oxygen atoms in total. The predicted octanol–water partition coefficient (Wildman–Crippen LogP) is 4.75. The van der Waals surface area contributed by atoms with Crippen LogP contribution in [0.5, 0.6) is 0 Å². The topological polar surface area (TPSA) is 49.4 Å². The van der Waals surface area contributed by atoms with Gasteiger partial charge in [-0.25, -0.2) is 0 Å². The van der Waals surface area contributed by atoms with Gasteiger partial charge in [0.25, 0.3) is 0 Å². The largest absolute Gasteiger partial charge is 0.342 e. The number of anilines is 1. The van der Waals surface area contributed by atoms with Crippen molar-refractivity contribution < 1.29 is 9.59 Å². The predicted molar refractivity (Wildman–Crippen MR) is 101 cm³/mol. The highest BCUT2D eigenvalue weighted by molar-refractivity contribution is 6.39. The molecule has 1 N–H and O–H groups in total. The van der Waals surface area contributed by atoms with Gasteiger partial charge in [0.2, 0.25) is 11.8 Å². The highest BCUT2D eigenvalue weighted by atomic mass is 35.5. The Bertz CT molecular complexity index is 616. The molecular formula is C19H24Cl2N2O2. The number of carbonyl (C=O) groups excluding carboxylic acids is 2. The Morgan fingerprint density at radius 1 is 0.920 bits per heavy atom. The van der Waals surface area contributed by atoms with Crippen LogP contribution >= 0.6 is 23.2 Å². The van der Waals surface area contributed by atoms with Crippen molar-refractivity contribution in [1.29, 1.82) is 0 Å². The van der Waals surface area contributed by atoms with Gasteiger partial charge in [0.1, 0.15) is 0 Å². The number of carbonyl (C=O) groups is 2. The number of likely N-dealkylation sites (tertiary alicyclic amines) is 1. The van der Waals surface area contributed by atoms with Crippen LogP contribution in [0.1, 0.15) is 44.9 Å². The van der Waals surface area contributed by atoms with E-state index in [2.05, 4.69) is 5.32 Å². The standard InChI is InChI=1S/C19H24Cl2N2O2/c20-15-5-4-6-16(21)17(15)22-18(24)13-7-9-14(10-8-13)19(25)23-11-2-1-3-12-23/h4-6,13-14H,1-3,7-12H2,(H,22,24). The monoisotopic (exact) mass is 382 g/mol. The number of nitrogens with one attached hydrogen (secondary N) is 1. The summed E-state index contributed by atoms with van der Waals surface area (Å²) in [4.78, 5) is 27.1. The maximum absolute atomic E-state index is 12.6. The summed E-state index contributed by atoms with van der Waals surface area (Å²) in [6.45, 7) is 1.79. The van der Waals surface area contributed by atoms with Crippen LogP contribution in [0.2, 0.25) is 10.0 Å². The van der Waals surface area contributed by atoms with Gasteiger partial charge in [-0.05, 0) is 57.1 Å². The molecule has 136 valence electrons. The van der Waals surface area contributed by atoms with Gasteiger partial charge in [0, 0.05) is 24.9 Å². The van der Waals surface area contributed by atoms with Crippen molar-refractivity contribution in [3.8, 4) is 0 Å². The van der Waals surface area contributed by atoms with Crippen molar-refractivity contribution in [2.75, 3.05) is 18.4 Å². The first-order valence-corrected chi connectivity index (χ1v) is 9.85. The van der Waals surface area contributed by atoms with Crippen molar-refractivity contribution in [3.63, 3.8) is 0 Å². The van der Waals surface area contributed by atoms with E-state index >= 15 is 0 Å². The molecule has 1 aromatic rings. The van der Waals surface area contributed by atoms with Crippen LogP contribution in [0.25, 0.3) is 0 Å². The van der Waals surface area contributed by atoms with E-state index in [4.69, 9.17) is 23.2 Å². The fourth-order valence-corrected chi connectivity index (χ4v) is 4.31. The quantitative estimate of drug-likeness (QED) is 0.819. The third-order valence-corrected chi connectivity index (χ3v) is 5.96. The number of benzene rings is 1. The average molecular weight is 383 g/mol. The Morgan fingerprint density at radius 2 is 1.48 bits per heavy atom. The summed E-state index contributed by atoms with van der Waals surface area (Å²) < 4.78 is 0. The molecule has 0 spiro atoms. The molecule has 2 amide bonds. The van der Waals surface area contributed by atoms with E-state index in [1.54, 1.807) is 18.2 Å². The summed E-state index contributed by atoms with van der Waals surface area (Å²) >= 11 is 12.2. The zero-order valence-electron chi connectivity index (χ0n) is 14.3. The lowest BCUT2D eigenvalue weighted by molar-refractivity contribution is -0.138. The normalized spacial score (nSPS) is 24.0. The smallest absolute Gasteiger partial charge is 0.227 e. The Labute approximate surface area is 158 Å². The van der Waals surface area contributed by atoms with Crippen LogP contribution in [0.3, 0.4) is 0 Å². The number of halogens is 2. The third-order valence-electron chi connectivity index (χ3n) is 5.33. The number of piperidine rings is 1. The Hall–Kier alpha value is -1.26. The maximum atomic E-state index is 12.6. The second-order valence-electron chi connectivity index (χ2n) is 7.02. The molecular weight excluding hydrogens is 359 g/mol. The van der Waals surface area contributed by atoms with Crippen LogP contribution in [-0.4, -0.2) is 29.8 Å². The number of rotatable bonds is 3. The van der Waals surface area contributed by atoms with E-state index in [0.717, 1.165) is 51.6 Å². The van der Waals surface area contributed by atoms with Crippen LogP contribution in [0, 0.1) is 11.8 Å². The molecule has 1 aliphatic carbocycles. The molecule has 2 fully saturated rings. The first-order valence-electron chi connectivity index (χ1n) is 9.10. The van der Waals surface area contributed by atoms with E-state index in [1.165, 1.54) is 6.42 Å². The summed E-state index contributed by atoms with van der Waals surface area (Å²) in [6, 6.07) is 5.16. The van der Waals surface area contributed by atoms with Crippen LogP contribution < -0.4 is 5.32 Å². The zero-order chi connectivity index (χ0) is 17.8. The minimum Gasteiger partial charge on any atom is -0.342 e. The first-order chi connectivity index (χ1) is 12.1. The van der Waals surface area contributed by atoms with Gasteiger partial charge < -0.3 is 10.2 Å². The van der Waals surface area contributed by atoms with Gasteiger partial charge in [-0.2, -0.15) is 0 Å². The first kappa shape index (κ1) is 18.5. The number of amides is 2. The molecule has 3 rings (SSSR count). The van der Waals surface area contributed by atoms with E-state index in [-0.39, 0.29) is 23.7 Å². The molecule has 25 heavy (non-hydrogen) atoms. The number of hydrogen-bond donors (Lipinski definition) is 1. The molecule has 1 saturated carbocycles. The number of hydrogen-bond acceptors (Lipinski definition) is 2. The number of nitrogens with zero attached hydrogens (tertiary/aromatic N) is 1. The molecule has 0 aromatic heterocycles. The fourth-order valence-electron chi connectivity index (χ4n) is 3.82. The lowest BCUT2D eigenvalue weighted by Gasteiger charge is -2.33. The van der Waals surface area contributed by atoms with Crippen molar-refractivity contribution in [1.82, 2.24) is 4.90 Å². The Morgan fingerprint density at radius 3 is 2.08 bits per heavy atom. The molecule has 2 aliphatic rings. The summed E-state index contributed by atoms with van der Waals surface area (Å²) in [5.74, 6) is 0.218. The lowest BCUT2D eigenvalue weighted by Crippen LogP contribution is -2.41. The van der Waals surface area contributed by atoms with Crippen LogP contribution in [-0.2, 0) is 9.59 Å². The summed E-state index contributed by atoms with van der Waals surface area (Å²) in [5, 5.41) is 3.74. The van der Waals surface area contributed by atoms with Gasteiger partial charge in [-0.15, -0.1) is 0 Å². The van der Waals surface area contributed by atoms with Crippen molar-refractivity contribution in [2.45, 2.75) is 44.9 Å². The third kappa shape index (κ3) is 4.48. The molecule has 0 bridgehead atoms. The van der Waals surface area contributed by atoms with E-state index in [0.29, 0.717) is 15.7 Å². The summed E-state index contributed by atoms with van der Waals surface area (Å²) in [7, 11) is 0. The molecule has 0 radical (unpaired) electrons. The summed E-state index contributed by atoms with van der Waals surface area (Å²) in [5.41, 5.74) is 0.474. The molecule has 1 aliphatic heterocycles. The lowest BCUT2D eigenvalue weighted by atomic mass is 9.80. The molecule has 1 saturated heterocycles. The van der Waals surface area contributed by atoms with E-state index in [1.807, 2.05) is 4.90 Å². The van der Waals surface area contributed by atoms with Crippen molar-refractivity contribution >= 4 is 40.7 Å². The Balaban J connectivity index is 1.53. The molecule has 1 heterocycles. The second-order valence-corrected chi connectivity index (χ2v) is 7.83. The van der Waals surface area contributed by atoms with Gasteiger partial charge >= 0.3 is 0 Å². The molecule has 0 atom stereocenters. The second kappa shape index (κ2) is 8.41. The van der Waals surface area contributed by atoms with Crippen LogP contribution in [0.15, 0.2) is 18.2 Å². The minimum atomic E-state index is -0.0854. The minimum absolute atomic E-state index is 0.0566. The highest BCUT2D eigenvalue weighted by Crippen LogP contribution is 2.34. The SMILES string of the molecule is O=C(Nc1c(Cl)cccc1Cl)C1CCC(C(=O)N2CCCCC2)CC1. The van der Waals surface area contributed by atoms with Gasteiger partial charge in [-0.1, -0.05) is 29.3 Å². The van der Waals surface area contributed by atoms with Gasteiger partial charge in [-0.3, -0.25) is 9.59 Å².